The van der Waals surface area contributed by atoms with Gasteiger partial charge >= 0.3 is 12.6 Å². The Morgan fingerprint density at radius 2 is 1.83 bits per heavy atom. The first-order valence-electron chi connectivity index (χ1n) is 11.7. The van der Waals surface area contributed by atoms with E-state index >= 15 is 0 Å². The lowest BCUT2D eigenvalue weighted by Crippen LogP contribution is -2.27. The van der Waals surface area contributed by atoms with Gasteiger partial charge in [-0.2, -0.15) is 8.78 Å². The van der Waals surface area contributed by atoms with Crippen molar-refractivity contribution in [1.29, 1.82) is 0 Å². The molecule has 0 radical (unpaired) electrons. The van der Waals surface area contributed by atoms with Crippen molar-refractivity contribution < 1.29 is 23.4 Å². The molecule has 2 fully saturated rings. The number of nitrogens with zero attached hydrogens (tertiary/aromatic N) is 5. The highest BCUT2D eigenvalue weighted by Crippen LogP contribution is 2.52. The zero-order valence-corrected chi connectivity index (χ0v) is 19.4. The summed E-state index contributed by atoms with van der Waals surface area (Å²) in [6.07, 6.45) is 5.85. The number of pyridine rings is 1. The Hall–Kier alpha value is -4.08. The quantitative estimate of drug-likeness (QED) is 0.417. The van der Waals surface area contributed by atoms with Crippen molar-refractivity contribution in [3.63, 3.8) is 0 Å². The number of fused-ring (bicyclic) bond motifs is 2. The van der Waals surface area contributed by atoms with Crippen molar-refractivity contribution in [3.05, 3.63) is 71.9 Å². The van der Waals surface area contributed by atoms with E-state index in [2.05, 4.69) is 15.0 Å². The normalized spacial score (nSPS) is 20.7. The summed E-state index contributed by atoms with van der Waals surface area (Å²) in [5.74, 6) is 0.186. The molecule has 4 aromatic rings. The Morgan fingerprint density at radius 1 is 1.11 bits per heavy atom. The minimum absolute atomic E-state index is 0.149. The Bertz CT molecular complexity index is 1440. The summed E-state index contributed by atoms with van der Waals surface area (Å²) in [5, 5.41) is 9.21. The molecule has 184 valence electrons. The molecule has 0 amide bonds. The number of alkyl halides is 2. The zero-order valence-electron chi connectivity index (χ0n) is 19.4. The summed E-state index contributed by atoms with van der Waals surface area (Å²) >= 11 is 0. The molecule has 6 rings (SSSR count). The van der Waals surface area contributed by atoms with Crippen LogP contribution in [0.15, 0.2) is 55.0 Å². The number of halogens is 2. The average molecular weight is 491 g/mol. The number of hydrogen-bond acceptors (Lipinski definition) is 6. The maximum absolute atomic E-state index is 12.9. The van der Waals surface area contributed by atoms with Crippen LogP contribution in [0.1, 0.15) is 17.0 Å². The van der Waals surface area contributed by atoms with Crippen LogP contribution in [0.25, 0.3) is 16.8 Å². The molecule has 0 spiro atoms. The number of ether oxygens (including phenoxy) is 1. The number of carboxylic acids is 1. The third-order valence-corrected chi connectivity index (χ3v) is 7.20. The van der Waals surface area contributed by atoms with Crippen molar-refractivity contribution in [2.24, 2.45) is 17.8 Å². The van der Waals surface area contributed by atoms with E-state index in [1.165, 1.54) is 6.07 Å². The van der Waals surface area contributed by atoms with Crippen molar-refractivity contribution in [2.75, 3.05) is 18.0 Å². The van der Waals surface area contributed by atoms with Gasteiger partial charge < -0.3 is 19.1 Å². The molecule has 1 N–H and O–H groups in total. The maximum Gasteiger partial charge on any atom is 0.387 e. The molecular weight excluding hydrogens is 468 g/mol. The molecule has 10 heteroatoms. The summed E-state index contributed by atoms with van der Waals surface area (Å²) in [6.45, 7) is 0.336. The van der Waals surface area contributed by atoms with Crippen LogP contribution >= 0.6 is 0 Å². The Labute approximate surface area is 205 Å². The summed E-state index contributed by atoms with van der Waals surface area (Å²) in [4.78, 5) is 26.9. The molecule has 3 atom stereocenters. The van der Waals surface area contributed by atoms with E-state index in [4.69, 9.17) is 4.74 Å². The smallest absolute Gasteiger partial charge is 0.387 e. The fraction of sp³-hybridized carbons (Fsp3) is 0.308. The predicted molar refractivity (Wildman–Crippen MR) is 127 cm³/mol. The number of para-hydroxylation sites is 1. The second-order valence-corrected chi connectivity index (χ2v) is 9.32. The lowest BCUT2D eigenvalue weighted by atomic mass is 10.1. The number of hydrogen-bond donors (Lipinski definition) is 1. The van der Waals surface area contributed by atoms with E-state index in [0.29, 0.717) is 31.0 Å². The zero-order chi connectivity index (χ0) is 25.0. The van der Waals surface area contributed by atoms with Crippen LogP contribution in [0.4, 0.5) is 14.7 Å². The molecule has 1 unspecified atom stereocenters. The highest BCUT2D eigenvalue weighted by Gasteiger charge is 2.60. The van der Waals surface area contributed by atoms with E-state index in [-0.39, 0.29) is 23.5 Å². The lowest BCUT2D eigenvalue weighted by molar-refractivity contribution is -0.139. The third-order valence-electron chi connectivity index (χ3n) is 7.20. The molecule has 36 heavy (non-hydrogen) atoms. The SMILES string of the molecule is Cc1nc2ccc(-c3cnc(N4C[C@@H]5C(C(=O)O)[C@@H]5C4)nc3)cn2c1Cc1ccccc1OC(F)F. The van der Waals surface area contributed by atoms with Crippen molar-refractivity contribution in [3.8, 4) is 16.9 Å². The molecular formula is C26H23F2N5O3. The summed E-state index contributed by atoms with van der Waals surface area (Å²) in [6, 6.07) is 10.6. The van der Waals surface area contributed by atoms with E-state index in [9.17, 15) is 18.7 Å². The highest BCUT2D eigenvalue weighted by atomic mass is 19.3. The van der Waals surface area contributed by atoms with Crippen molar-refractivity contribution in [2.45, 2.75) is 20.0 Å². The minimum atomic E-state index is -2.89. The van der Waals surface area contributed by atoms with Crippen LogP contribution in [-0.2, 0) is 11.2 Å². The number of imidazole rings is 1. The number of carbonyl (C=O) groups is 1. The molecule has 1 saturated heterocycles. The summed E-state index contributed by atoms with van der Waals surface area (Å²) < 4.78 is 32.4. The lowest BCUT2D eigenvalue weighted by Gasteiger charge is -2.18. The van der Waals surface area contributed by atoms with E-state index in [0.717, 1.165) is 28.2 Å². The molecule has 1 aliphatic carbocycles. The molecule has 8 nitrogen and oxygen atoms in total. The fourth-order valence-corrected chi connectivity index (χ4v) is 5.33. The molecule has 0 bridgehead atoms. The Morgan fingerprint density at radius 3 is 2.53 bits per heavy atom. The monoisotopic (exact) mass is 491 g/mol. The Kier molecular flexibility index (Phi) is 5.31. The van der Waals surface area contributed by atoms with Crippen LogP contribution < -0.4 is 9.64 Å². The molecule has 1 saturated carbocycles. The number of aryl methyl sites for hydroxylation is 1. The third kappa shape index (κ3) is 3.92. The van der Waals surface area contributed by atoms with E-state index in [1.807, 2.05) is 34.6 Å². The van der Waals surface area contributed by atoms with E-state index < -0.39 is 12.6 Å². The first-order chi connectivity index (χ1) is 17.4. The van der Waals surface area contributed by atoms with Gasteiger partial charge in [-0.05, 0) is 37.0 Å². The first kappa shape index (κ1) is 22.4. The topological polar surface area (TPSA) is 92.9 Å². The number of carboxylic acid groups (broad SMARTS) is 1. The summed E-state index contributed by atoms with van der Waals surface area (Å²) in [5.41, 5.74) is 4.79. The summed E-state index contributed by atoms with van der Waals surface area (Å²) in [7, 11) is 0. The highest BCUT2D eigenvalue weighted by molar-refractivity contribution is 5.75. The minimum Gasteiger partial charge on any atom is -0.481 e. The number of rotatable bonds is 7. The van der Waals surface area contributed by atoms with Gasteiger partial charge in [0.25, 0.3) is 0 Å². The second-order valence-electron chi connectivity index (χ2n) is 9.32. The molecule has 3 aromatic heterocycles. The number of piperidine rings is 1. The van der Waals surface area contributed by atoms with Gasteiger partial charge in [-0.3, -0.25) is 4.79 Å². The molecule has 1 aliphatic heterocycles. The second kappa shape index (κ2) is 8.54. The van der Waals surface area contributed by atoms with Crippen molar-refractivity contribution >= 4 is 17.6 Å². The largest absolute Gasteiger partial charge is 0.481 e. The van der Waals surface area contributed by atoms with Gasteiger partial charge in [0.1, 0.15) is 11.4 Å². The van der Waals surface area contributed by atoms with Gasteiger partial charge in [0.2, 0.25) is 5.95 Å². The fourth-order valence-electron chi connectivity index (χ4n) is 5.33. The van der Waals surface area contributed by atoms with Gasteiger partial charge in [0.05, 0.1) is 11.6 Å². The Balaban J connectivity index is 1.25. The van der Waals surface area contributed by atoms with Crippen LogP contribution in [0.2, 0.25) is 0 Å². The van der Waals surface area contributed by atoms with Crippen LogP contribution in [0.3, 0.4) is 0 Å². The van der Waals surface area contributed by atoms with Gasteiger partial charge in [-0.25, -0.2) is 15.0 Å². The number of aromatic nitrogens is 4. The number of anilines is 1. The number of aliphatic carboxylic acids is 1. The molecule has 2 aliphatic rings. The predicted octanol–water partition coefficient (Wildman–Crippen LogP) is 4.06. The van der Waals surface area contributed by atoms with Crippen LogP contribution in [0, 0.1) is 24.7 Å². The number of benzene rings is 1. The van der Waals surface area contributed by atoms with Gasteiger partial charge in [-0.15, -0.1) is 0 Å². The van der Waals surface area contributed by atoms with Gasteiger partial charge in [-0.1, -0.05) is 18.2 Å². The van der Waals surface area contributed by atoms with Crippen molar-refractivity contribution in [1.82, 2.24) is 19.4 Å². The van der Waals surface area contributed by atoms with Gasteiger partial charge in [0, 0.05) is 60.5 Å². The van der Waals surface area contributed by atoms with E-state index in [1.54, 1.807) is 30.6 Å². The standard InChI is InChI=1S/C26H23F2N5O3/c1-14-20(8-15-4-2-3-5-21(15)36-25(27)28)33-11-16(6-7-22(33)31-14)17-9-29-26(30-10-17)32-12-18-19(13-32)23(18)24(34)35/h2-7,9-11,18-19,23,25H,8,12-13H2,1H3,(H,34,35)/t18-,19+,23?. The molecule has 4 heterocycles. The average Bonchev–Trinajstić information content (AvgIpc) is 3.21. The van der Waals surface area contributed by atoms with Gasteiger partial charge in [0.15, 0.2) is 0 Å². The molecule has 1 aromatic carbocycles. The first-order valence-corrected chi connectivity index (χ1v) is 11.7. The van der Waals surface area contributed by atoms with Crippen LogP contribution in [0.5, 0.6) is 5.75 Å². The van der Waals surface area contributed by atoms with Crippen LogP contribution in [-0.4, -0.2) is 50.1 Å². The maximum atomic E-state index is 12.9.